The van der Waals surface area contributed by atoms with Crippen LogP contribution in [0.1, 0.15) is 52.7 Å². The SMILES string of the molecule is CC(C)(C)c1cc(NC(=O)Cn2cnnc2)c(O)c(C(C)(C)C)c1. The zero-order valence-electron chi connectivity index (χ0n) is 15.2. The minimum Gasteiger partial charge on any atom is -0.505 e. The molecule has 2 N–H and O–H groups in total. The predicted octanol–water partition coefficient (Wildman–Crippen LogP) is 3.22. The van der Waals surface area contributed by atoms with Crippen molar-refractivity contribution in [3.63, 3.8) is 0 Å². The van der Waals surface area contributed by atoms with Crippen molar-refractivity contribution in [3.05, 3.63) is 35.9 Å². The van der Waals surface area contributed by atoms with Crippen molar-refractivity contribution in [2.24, 2.45) is 0 Å². The van der Waals surface area contributed by atoms with Crippen molar-refractivity contribution in [2.45, 2.75) is 58.9 Å². The smallest absolute Gasteiger partial charge is 0.244 e. The van der Waals surface area contributed by atoms with Gasteiger partial charge in [-0.2, -0.15) is 0 Å². The largest absolute Gasteiger partial charge is 0.505 e. The molecule has 130 valence electrons. The van der Waals surface area contributed by atoms with Crippen molar-refractivity contribution >= 4 is 11.6 Å². The molecule has 1 amide bonds. The third kappa shape index (κ3) is 4.13. The Kier molecular flexibility index (Phi) is 4.69. The van der Waals surface area contributed by atoms with Crippen LogP contribution in [0.25, 0.3) is 0 Å². The summed E-state index contributed by atoms with van der Waals surface area (Å²) in [6.07, 6.45) is 2.96. The van der Waals surface area contributed by atoms with E-state index in [1.54, 1.807) is 4.57 Å². The normalized spacial score (nSPS) is 12.2. The van der Waals surface area contributed by atoms with E-state index in [1.807, 2.05) is 32.9 Å². The number of aromatic nitrogens is 3. The first-order valence-corrected chi connectivity index (χ1v) is 7.99. The molecule has 0 fully saturated rings. The van der Waals surface area contributed by atoms with E-state index in [4.69, 9.17) is 0 Å². The van der Waals surface area contributed by atoms with E-state index >= 15 is 0 Å². The maximum absolute atomic E-state index is 12.3. The maximum atomic E-state index is 12.3. The zero-order valence-corrected chi connectivity index (χ0v) is 15.2. The van der Waals surface area contributed by atoms with Gasteiger partial charge in [-0.1, -0.05) is 47.6 Å². The second-order valence-corrected chi connectivity index (χ2v) is 8.10. The first-order valence-electron chi connectivity index (χ1n) is 7.99. The van der Waals surface area contributed by atoms with E-state index in [9.17, 15) is 9.90 Å². The highest BCUT2D eigenvalue weighted by Crippen LogP contribution is 2.40. The van der Waals surface area contributed by atoms with Gasteiger partial charge in [0.05, 0.1) is 5.69 Å². The van der Waals surface area contributed by atoms with Crippen molar-refractivity contribution in [1.29, 1.82) is 0 Å². The van der Waals surface area contributed by atoms with Crippen LogP contribution in [0.4, 0.5) is 5.69 Å². The van der Waals surface area contributed by atoms with Crippen LogP contribution in [0.2, 0.25) is 0 Å². The average Bonchev–Trinajstić information content (AvgIpc) is 2.91. The third-order valence-corrected chi connectivity index (χ3v) is 3.85. The molecule has 6 heteroatoms. The topological polar surface area (TPSA) is 80.0 Å². The third-order valence-electron chi connectivity index (χ3n) is 3.85. The maximum Gasteiger partial charge on any atom is 0.244 e. The number of aromatic hydroxyl groups is 1. The molecule has 0 saturated heterocycles. The van der Waals surface area contributed by atoms with E-state index in [0.29, 0.717) is 5.69 Å². The van der Waals surface area contributed by atoms with E-state index in [1.165, 1.54) is 12.7 Å². The Balaban J connectivity index is 2.39. The van der Waals surface area contributed by atoms with E-state index in [0.717, 1.165) is 11.1 Å². The van der Waals surface area contributed by atoms with Crippen molar-refractivity contribution in [2.75, 3.05) is 5.32 Å². The molecule has 2 rings (SSSR count). The fourth-order valence-electron chi connectivity index (χ4n) is 2.39. The molecule has 2 aromatic rings. The molecule has 0 atom stereocenters. The van der Waals surface area contributed by atoms with Crippen LogP contribution in [0.3, 0.4) is 0 Å². The molecule has 1 aromatic carbocycles. The second kappa shape index (κ2) is 6.26. The fraction of sp³-hybridized carbons (Fsp3) is 0.500. The van der Waals surface area contributed by atoms with Crippen LogP contribution in [0, 0.1) is 0 Å². The number of nitrogens with zero attached hydrogens (tertiary/aromatic N) is 3. The van der Waals surface area contributed by atoms with Crippen LogP contribution in [-0.4, -0.2) is 25.8 Å². The highest BCUT2D eigenvalue weighted by atomic mass is 16.3. The van der Waals surface area contributed by atoms with Gasteiger partial charge in [0.15, 0.2) is 0 Å². The lowest BCUT2D eigenvalue weighted by Gasteiger charge is -2.27. The number of rotatable bonds is 3. The summed E-state index contributed by atoms with van der Waals surface area (Å²) in [7, 11) is 0. The predicted molar refractivity (Wildman–Crippen MR) is 94.2 cm³/mol. The van der Waals surface area contributed by atoms with Crippen molar-refractivity contribution < 1.29 is 9.90 Å². The lowest BCUT2D eigenvalue weighted by molar-refractivity contribution is -0.116. The van der Waals surface area contributed by atoms with Gasteiger partial charge in [-0.3, -0.25) is 4.79 Å². The Morgan fingerprint density at radius 3 is 2.17 bits per heavy atom. The summed E-state index contributed by atoms with van der Waals surface area (Å²) in [4.78, 5) is 12.3. The lowest BCUT2D eigenvalue weighted by atomic mass is 9.79. The summed E-state index contributed by atoms with van der Waals surface area (Å²) in [6, 6.07) is 3.86. The van der Waals surface area contributed by atoms with Gasteiger partial charge in [0, 0.05) is 5.56 Å². The number of hydrogen-bond donors (Lipinski definition) is 2. The number of nitrogens with one attached hydrogen (secondary N) is 1. The number of carbonyl (C=O) groups excluding carboxylic acids is 1. The Bertz CT molecular complexity index is 723. The number of phenols is 1. The van der Waals surface area contributed by atoms with Crippen molar-refractivity contribution in [3.8, 4) is 5.75 Å². The first kappa shape index (κ1) is 18.0. The minimum atomic E-state index is -0.240. The molecule has 1 heterocycles. The molecule has 0 bridgehead atoms. The molecule has 0 spiro atoms. The van der Waals surface area contributed by atoms with Gasteiger partial charge in [-0.05, 0) is 22.5 Å². The first-order chi connectivity index (χ1) is 11.0. The molecule has 0 saturated carbocycles. The van der Waals surface area contributed by atoms with Gasteiger partial charge >= 0.3 is 0 Å². The number of carbonyl (C=O) groups is 1. The second-order valence-electron chi connectivity index (χ2n) is 8.10. The molecule has 0 unspecified atom stereocenters. The number of amides is 1. The molecule has 1 aromatic heterocycles. The molecule has 0 aliphatic carbocycles. The average molecular weight is 330 g/mol. The Hall–Kier alpha value is -2.37. The van der Waals surface area contributed by atoms with Crippen LogP contribution in [-0.2, 0) is 22.2 Å². The monoisotopic (exact) mass is 330 g/mol. The summed E-state index contributed by atoms with van der Waals surface area (Å²) >= 11 is 0. The summed E-state index contributed by atoms with van der Waals surface area (Å²) < 4.78 is 1.57. The molecule has 24 heavy (non-hydrogen) atoms. The Morgan fingerprint density at radius 1 is 1.08 bits per heavy atom. The number of benzene rings is 1. The minimum absolute atomic E-state index is 0.0943. The Labute approximate surface area is 142 Å². The number of phenolic OH excluding ortho intramolecular Hbond substituents is 1. The highest BCUT2D eigenvalue weighted by molar-refractivity contribution is 5.92. The van der Waals surface area contributed by atoms with Crippen LogP contribution in [0.15, 0.2) is 24.8 Å². The van der Waals surface area contributed by atoms with Gasteiger partial charge in [-0.15, -0.1) is 10.2 Å². The summed E-state index contributed by atoms with van der Waals surface area (Å²) in [5.74, 6) is -0.122. The molecule has 0 radical (unpaired) electrons. The summed E-state index contributed by atoms with van der Waals surface area (Å²) in [5, 5.41) is 20.8. The fourth-order valence-corrected chi connectivity index (χ4v) is 2.39. The van der Waals surface area contributed by atoms with Crippen LogP contribution < -0.4 is 5.32 Å². The lowest BCUT2D eigenvalue weighted by Crippen LogP contribution is -2.21. The number of anilines is 1. The van der Waals surface area contributed by atoms with E-state index < -0.39 is 0 Å². The van der Waals surface area contributed by atoms with Crippen LogP contribution >= 0.6 is 0 Å². The molecule has 6 nitrogen and oxygen atoms in total. The molecular formula is C18H26N4O2. The molecule has 0 aliphatic rings. The van der Waals surface area contributed by atoms with E-state index in [-0.39, 0.29) is 29.0 Å². The van der Waals surface area contributed by atoms with Gasteiger partial charge in [0.25, 0.3) is 0 Å². The molecule has 0 aliphatic heterocycles. The number of hydrogen-bond acceptors (Lipinski definition) is 4. The van der Waals surface area contributed by atoms with Gasteiger partial charge in [-0.25, -0.2) is 0 Å². The molecular weight excluding hydrogens is 304 g/mol. The quantitative estimate of drug-likeness (QED) is 0.847. The van der Waals surface area contributed by atoms with Gasteiger partial charge in [0.2, 0.25) is 5.91 Å². The standard InChI is InChI=1S/C18H26N4O2/c1-17(2,3)12-7-13(18(4,5)6)16(24)14(8-12)21-15(23)9-22-10-19-20-11-22/h7-8,10-11,24H,9H2,1-6H3,(H,21,23). The van der Waals surface area contributed by atoms with E-state index in [2.05, 4.69) is 36.3 Å². The van der Waals surface area contributed by atoms with Crippen LogP contribution in [0.5, 0.6) is 5.75 Å². The zero-order chi connectivity index (χ0) is 18.1. The van der Waals surface area contributed by atoms with Gasteiger partial charge < -0.3 is 15.0 Å². The highest BCUT2D eigenvalue weighted by Gasteiger charge is 2.25. The van der Waals surface area contributed by atoms with Gasteiger partial charge in [0.1, 0.15) is 24.9 Å². The summed E-state index contributed by atoms with van der Waals surface area (Å²) in [5.41, 5.74) is 1.98. The summed E-state index contributed by atoms with van der Waals surface area (Å²) in [6.45, 7) is 12.5. The Morgan fingerprint density at radius 2 is 1.67 bits per heavy atom. The van der Waals surface area contributed by atoms with Crippen molar-refractivity contribution in [1.82, 2.24) is 14.8 Å².